The number of halogens is 1. The molecular weight excluding hydrogens is 218 g/mol. The Bertz CT molecular complexity index is 246. The molecule has 2 amide bonds. The highest BCUT2D eigenvalue weighted by Gasteiger charge is 2.26. The number of carbonyl (C=O) groups is 2. The molecule has 2 atom stereocenters. The second-order valence-electron chi connectivity index (χ2n) is 3.72. The lowest BCUT2D eigenvalue weighted by Gasteiger charge is -2.27. The van der Waals surface area contributed by atoms with Crippen LogP contribution in [0.2, 0.25) is 0 Å². The predicted molar refractivity (Wildman–Crippen MR) is 59.7 cm³/mol. The Morgan fingerprint density at radius 2 is 2.27 bits per heavy atom. The van der Waals surface area contributed by atoms with Gasteiger partial charge in [0.1, 0.15) is 0 Å². The van der Waals surface area contributed by atoms with E-state index >= 15 is 0 Å². The monoisotopic (exact) mass is 235 g/mol. The van der Waals surface area contributed by atoms with Gasteiger partial charge in [-0.3, -0.25) is 9.59 Å². The number of amides is 2. The van der Waals surface area contributed by atoms with Gasteiger partial charge in [0.2, 0.25) is 11.8 Å². The van der Waals surface area contributed by atoms with Crippen molar-refractivity contribution in [1.29, 1.82) is 0 Å². The van der Waals surface area contributed by atoms with E-state index in [1.165, 1.54) is 0 Å². The Labute approximate surface area is 95.8 Å². The molecule has 0 radical (unpaired) electrons. The van der Waals surface area contributed by atoms with Crippen molar-refractivity contribution in [3.8, 4) is 0 Å². The SMILES string of the molecule is CC(N)C(=O)N1CCNC(=O)CC1C.Cl. The van der Waals surface area contributed by atoms with Crippen LogP contribution < -0.4 is 11.1 Å². The van der Waals surface area contributed by atoms with Gasteiger partial charge in [-0.2, -0.15) is 0 Å². The van der Waals surface area contributed by atoms with Crippen molar-refractivity contribution in [1.82, 2.24) is 10.2 Å². The maximum atomic E-state index is 11.6. The summed E-state index contributed by atoms with van der Waals surface area (Å²) in [6.07, 6.45) is 0.360. The molecule has 0 bridgehead atoms. The lowest BCUT2D eigenvalue weighted by molar-refractivity contribution is -0.134. The van der Waals surface area contributed by atoms with Crippen molar-refractivity contribution >= 4 is 24.2 Å². The molecule has 6 heteroatoms. The molecule has 0 aliphatic carbocycles. The first kappa shape index (κ1) is 14.2. The summed E-state index contributed by atoms with van der Waals surface area (Å²) < 4.78 is 0. The number of rotatable bonds is 1. The first-order valence-corrected chi connectivity index (χ1v) is 4.85. The van der Waals surface area contributed by atoms with Crippen LogP contribution in [0.15, 0.2) is 0 Å². The number of hydrogen-bond donors (Lipinski definition) is 2. The van der Waals surface area contributed by atoms with E-state index in [1.807, 2.05) is 6.92 Å². The number of nitrogens with two attached hydrogens (primary N) is 1. The van der Waals surface area contributed by atoms with Gasteiger partial charge in [-0.1, -0.05) is 0 Å². The van der Waals surface area contributed by atoms with E-state index in [9.17, 15) is 9.59 Å². The topological polar surface area (TPSA) is 75.4 Å². The average Bonchev–Trinajstić information content (AvgIpc) is 2.25. The maximum Gasteiger partial charge on any atom is 0.239 e. The first-order valence-electron chi connectivity index (χ1n) is 4.85. The fraction of sp³-hybridized carbons (Fsp3) is 0.778. The van der Waals surface area contributed by atoms with Crippen molar-refractivity contribution in [2.24, 2.45) is 5.73 Å². The molecule has 1 heterocycles. The molecule has 88 valence electrons. The van der Waals surface area contributed by atoms with E-state index in [1.54, 1.807) is 11.8 Å². The van der Waals surface area contributed by atoms with E-state index in [4.69, 9.17) is 5.73 Å². The highest BCUT2D eigenvalue weighted by molar-refractivity contribution is 5.85. The highest BCUT2D eigenvalue weighted by Crippen LogP contribution is 2.08. The standard InChI is InChI=1S/C9H17N3O2.ClH/c1-6-5-8(13)11-3-4-12(6)9(14)7(2)10;/h6-7H,3-5,10H2,1-2H3,(H,11,13);1H. The van der Waals surface area contributed by atoms with Crippen molar-refractivity contribution in [2.45, 2.75) is 32.4 Å². The Kier molecular flexibility index (Phi) is 5.60. The van der Waals surface area contributed by atoms with Crippen LogP contribution in [0.25, 0.3) is 0 Å². The quantitative estimate of drug-likeness (QED) is 0.643. The van der Waals surface area contributed by atoms with Crippen LogP contribution in [0.4, 0.5) is 0 Å². The molecule has 0 aromatic heterocycles. The van der Waals surface area contributed by atoms with Crippen LogP contribution in [0.3, 0.4) is 0 Å². The van der Waals surface area contributed by atoms with E-state index < -0.39 is 6.04 Å². The van der Waals surface area contributed by atoms with Crippen molar-refractivity contribution in [2.75, 3.05) is 13.1 Å². The molecule has 1 saturated heterocycles. The predicted octanol–water partition coefficient (Wildman–Crippen LogP) is -0.508. The van der Waals surface area contributed by atoms with Crippen LogP contribution in [-0.2, 0) is 9.59 Å². The van der Waals surface area contributed by atoms with Crippen molar-refractivity contribution in [3.05, 3.63) is 0 Å². The van der Waals surface area contributed by atoms with E-state index in [-0.39, 0.29) is 30.3 Å². The van der Waals surface area contributed by atoms with E-state index in [0.717, 1.165) is 0 Å². The summed E-state index contributed by atoms with van der Waals surface area (Å²) >= 11 is 0. The van der Waals surface area contributed by atoms with Gasteiger partial charge < -0.3 is 16.0 Å². The Hall–Kier alpha value is -0.810. The fourth-order valence-corrected chi connectivity index (χ4v) is 1.58. The van der Waals surface area contributed by atoms with Gasteiger partial charge >= 0.3 is 0 Å². The minimum atomic E-state index is -0.495. The summed E-state index contributed by atoms with van der Waals surface area (Å²) in [6, 6.07) is -0.554. The Balaban J connectivity index is 0.00000196. The van der Waals surface area contributed by atoms with Crippen LogP contribution in [0.1, 0.15) is 20.3 Å². The third kappa shape index (κ3) is 3.68. The van der Waals surface area contributed by atoms with Crippen LogP contribution in [0, 0.1) is 0 Å². The molecule has 3 N–H and O–H groups in total. The molecule has 0 aromatic carbocycles. The van der Waals surface area contributed by atoms with E-state index in [0.29, 0.717) is 19.5 Å². The maximum absolute atomic E-state index is 11.6. The number of carbonyl (C=O) groups excluding carboxylic acids is 2. The van der Waals surface area contributed by atoms with Crippen LogP contribution in [0.5, 0.6) is 0 Å². The van der Waals surface area contributed by atoms with Gasteiger partial charge in [0.05, 0.1) is 6.04 Å². The molecular formula is C9H18ClN3O2. The number of nitrogens with zero attached hydrogens (tertiary/aromatic N) is 1. The number of nitrogens with one attached hydrogen (secondary N) is 1. The molecule has 1 rings (SSSR count). The van der Waals surface area contributed by atoms with Gasteiger partial charge in [0.25, 0.3) is 0 Å². The highest BCUT2D eigenvalue weighted by atomic mass is 35.5. The van der Waals surface area contributed by atoms with Crippen molar-refractivity contribution in [3.63, 3.8) is 0 Å². The summed E-state index contributed by atoms with van der Waals surface area (Å²) in [5, 5.41) is 2.73. The molecule has 5 nitrogen and oxygen atoms in total. The largest absolute Gasteiger partial charge is 0.354 e. The number of hydrogen-bond acceptors (Lipinski definition) is 3. The second kappa shape index (κ2) is 5.92. The molecule has 1 aliphatic rings. The lowest BCUT2D eigenvalue weighted by atomic mass is 10.2. The van der Waals surface area contributed by atoms with Gasteiger partial charge in [0, 0.05) is 25.6 Å². The first-order chi connectivity index (χ1) is 6.52. The smallest absolute Gasteiger partial charge is 0.239 e. The van der Waals surface area contributed by atoms with Gasteiger partial charge in [-0.05, 0) is 13.8 Å². The summed E-state index contributed by atoms with van der Waals surface area (Å²) in [5.74, 6) is -0.0912. The summed E-state index contributed by atoms with van der Waals surface area (Å²) in [7, 11) is 0. The Morgan fingerprint density at radius 3 is 2.80 bits per heavy atom. The molecule has 0 aromatic rings. The third-order valence-electron chi connectivity index (χ3n) is 2.36. The summed E-state index contributed by atoms with van der Waals surface area (Å²) in [6.45, 7) is 4.59. The zero-order valence-electron chi connectivity index (χ0n) is 9.03. The molecule has 2 unspecified atom stereocenters. The lowest BCUT2D eigenvalue weighted by Crippen LogP contribution is -2.47. The van der Waals surface area contributed by atoms with Gasteiger partial charge in [-0.15, -0.1) is 12.4 Å². The summed E-state index contributed by atoms with van der Waals surface area (Å²) in [5.41, 5.74) is 5.52. The van der Waals surface area contributed by atoms with Gasteiger partial charge in [0.15, 0.2) is 0 Å². The second-order valence-corrected chi connectivity index (χ2v) is 3.72. The molecule has 15 heavy (non-hydrogen) atoms. The molecule has 1 aliphatic heterocycles. The average molecular weight is 236 g/mol. The zero-order chi connectivity index (χ0) is 10.7. The third-order valence-corrected chi connectivity index (χ3v) is 2.36. The molecule has 0 saturated carbocycles. The minimum Gasteiger partial charge on any atom is -0.354 e. The minimum absolute atomic E-state index is 0. The fourth-order valence-electron chi connectivity index (χ4n) is 1.58. The van der Waals surface area contributed by atoms with Crippen molar-refractivity contribution < 1.29 is 9.59 Å². The van der Waals surface area contributed by atoms with Gasteiger partial charge in [-0.25, -0.2) is 0 Å². The normalized spacial score (nSPS) is 23.5. The summed E-state index contributed by atoms with van der Waals surface area (Å²) in [4.78, 5) is 24.4. The van der Waals surface area contributed by atoms with Crippen LogP contribution >= 0.6 is 12.4 Å². The molecule has 1 fully saturated rings. The zero-order valence-corrected chi connectivity index (χ0v) is 9.84. The molecule has 0 spiro atoms. The van der Waals surface area contributed by atoms with E-state index in [2.05, 4.69) is 5.32 Å². The Morgan fingerprint density at radius 1 is 1.67 bits per heavy atom. The van der Waals surface area contributed by atoms with Crippen LogP contribution in [-0.4, -0.2) is 41.9 Å².